The third kappa shape index (κ3) is 5.54. The molecule has 0 aliphatic heterocycles. The number of aromatic hydroxyl groups is 2. The van der Waals surface area contributed by atoms with E-state index < -0.39 is 46.4 Å². The van der Waals surface area contributed by atoms with E-state index in [9.17, 15) is 27.8 Å². The Balaban J connectivity index is 1.16. The van der Waals surface area contributed by atoms with Crippen molar-refractivity contribution in [2.45, 2.75) is 82.0 Å². The number of hydrogen-bond donors (Lipinski definition) is 2. The van der Waals surface area contributed by atoms with Crippen LogP contribution in [0.15, 0.2) is 36.4 Å². The van der Waals surface area contributed by atoms with Crippen LogP contribution in [0.5, 0.6) is 11.5 Å². The molecule has 5 rings (SSSR count). The van der Waals surface area contributed by atoms with Gasteiger partial charge in [-0.1, -0.05) is 24.3 Å². The maximum atomic E-state index is 15.1. The van der Waals surface area contributed by atoms with Gasteiger partial charge in [0.15, 0.2) is 34.8 Å². The van der Waals surface area contributed by atoms with Crippen LogP contribution in [0.2, 0.25) is 0 Å². The second-order valence-corrected chi connectivity index (χ2v) is 11.4. The van der Waals surface area contributed by atoms with Crippen LogP contribution in [0.3, 0.4) is 0 Å². The van der Waals surface area contributed by atoms with Crippen molar-refractivity contribution in [3.05, 3.63) is 93.6 Å². The molecule has 0 aromatic heterocycles. The zero-order chi connectivity index (χ0) is 28.6. The maximum absolute atomic E-state index is 15.1. The average Bonchev–Trinajstić information content (AvgIpc) is 2.96. The van der Waals surface area contributed by atoms with Crippen LogP contribution in [-0.2, 0) is 6.42 Å². The number of phenols is 2. The number of halogens is 6. The molecule has 3 aromatic rings. The summed E-state index contributed by atoms with van der Waals surface area (Å²) in [6, 6.07) is 8.38. The minimum absolute atomic E-state index is 0.139. The van der Waals surface area contributed by atoms with Crippen molar-refractivity contribution in [1.82, 2.24) is 0 Å². The third-order valence-corrected chi connectivity index (χ3v) is 9.09. The highest BCUT2D eigenvalue weighted by molar-refractivity contribution is 5.34. The smallest absolute Gasteiger partial charge is 0.200 e. The summed E-state index contributed by atoms with van der Waals surface area (Å²) in [5.41, 5.74) is 1.09. The van der Waals surface area contributed by atoms with Crippen molar-refractivity contribution in [2.75, 3.05) is 0 Å². The topological polar surface area (TPSA) is 40.5 Å². The molecule has 2 saturated carbocycles. The van der Waals surface area contributed by atoms with Crippen molar-refractivity contribution in [1.29, 1.82) is 0 Å². The molecule has 3 aromatic carbocycles. The number of benzene rings is 3. The monoisotopic (exact) mass is 562 g/mol. The van der Waals surface area contributed by atoms with E-state index in [1.165, 1.54) is 18.2 Å². The van der Waals surface area contributed by atoms with Crippen LogP contribution in [0.1, 0.15) is 97.8 Å². The van der Waals surface area contributed by atoms with Gasteiger partial charge in [0.25, 0.3) is 0 Å². The number of rotatable bonds is 6. The second kappa shape index (κ2) is 11.8. The Kier molecular flexibility index (Phi) is 8.34. The van der Waals surface area contributed by atoms with Crippen LogP contribution < -0.4 is 0 Å². The largest absolute Gasteiger partial charge is 0.505 e. The lowest BCUT2D eigenvalue weighted by molar-refractivity contribution is 0.302. The van der Waals surface area contributed by atoms with Crippen LogP contribution in [-0.4, -0.2) is 10.2 Å². The Morgan fingerprint density at radius 2 is 0.850 bits per heavy atom. The lowest BCUT2D eigenvalue weighted by Crippen LogP contribution is -2.16. The first-order valence-corrected chi connectivity index (χ1v) is 14.0. The highest BCUT2D eigenvalue weighted by Gasteiger charge is 2.30. The summed E-state index contributed by atoms with van der Waals surface area (Å²) >= 11 is 0. The Hall–Kier alpha value is -3.16. The molecule has 214 valence electrons. The molecule has 40 heavy (non-hydrogen) atoms. The van der Waals surface area contributed by atoms with E-state index >= 15 is 8.78 Å². The molecular weight excluding hydrogens is 530 g/mol. The van der Waals surface area contributed by atoms with E-state index in [0.717, 1.165) is 18.9 Å². The van der Waals surface area contributed by atoms with Gasteiger partial charge in [-0.3, -0.25) is 0 Å². The van der Waals surface area contributed by atoms with E-state index in [0.29, 0.717) is 62.5 Å². The van der Waals surface area contributed by atoms with E-state index in [1.807, 2.05) is 0 Å². The number of phenolic OH excluding ortho intramolecular Hbond substituents is 2. The fourth-order valence-corrected chi connectivity index (χ4v) is 6.69. The van der Waals surface area contributed by atoms with E-state index in [4.69, 9.17) is 0 Å². The van der Waals surface area contributed by atoms with Gasteiger partial charge < -0.3 is 10.2 Å². The van der Waals surface area contributed by atoms with Gasteiger partial charge in [0, 0.05) is 0 Å². The van der Waals surface area contributed by atoms with Crippen LogP contribution >= 0.6 is 0 Å². The van der Waals surface area contributed by atoms with Gasteiger partial charge >= 0.3 is 0 Å². The van der Waals surface area contributed by atoms with Gasteiger partial charge in [-0.05, 0) is 122 Å². The summed E-state index contributed by atoms with van der Waals surface area (Å²) in [6.07, 6.45) is 5.90. The maximum Gasteiger partial charge on any atom is 0.200 e. The molecule has 0 atom stereocenters. The van der Waals surface area contributed by atoms with Gasteiger partial charge in [0.2, 0.25) is 11.6 Å². The lowest BCUT2D eigenvalue weighted by Gasteiger charge is -2.30. The molecule has 8 heteroatoms. The minimum atomic E-state index is -1.27. The summed E-state index contributed by atoms with van der Waals surface area (Å²) in [7, 11) is 0. The molecule has 0 bridgehead atoms. The summed E-state index contributed by atoms with van der Waals surface area (Å²) in [6.45, 7) is 0. The van der Waals surface area contributed by atoms with Crippen molar-refractivity contribution in [2.24, 2.45) is 5.92 Å². The predicted molar refractivity (Wildman–Crippen MR) is 139 cm³/mol. The molecule has 2 N–H and O–H groups in total. The van der Waals surface area contributed by atoms with Gasteiger partial charge in [0.1, 0.15) is 0 Å². The fourth-order valence-electron chi connectivity index (χ4n) is 6.69. The number of hydrogen-bond acceptors (Lipinski definition) is 2. The zero-order valence-corrected chi connectivity index (χ0v) is 22.0. The molecule has 2 aliphatic carbocycles. The second-order valence-electron chi connectivity index (χ2n) is 11.4. The third-order valence-electron chi connectivity index (χ3n) is 9.09. The fraction of sp³-hybridized carbons (Fsp3) is 0.438. The molecular formula is C32H32F6O2. The first-order valence-electron chi connectivity index (χ1n) is 14.0. The number of aryl methyl sites for hydroxylation is 1. The lowest BCUT2D eigenvalue weighted by atomic mass is 9.75. The van der Waals surface area contributed by atoms with Crippen LogP contribution in [0.25, 0.3) is 0 Å². The van der Waals surface area contributed by atoms with Gasteiger partial charge in [-0.2, -0.15) is 8.78 Å². The summed E-state index contributed by atoms with van der Waals surface area (Å²) in [4.78, 5) is 0. The van der Waals surface area contributed by atoms with Crippen LogP contribution in [0.4, 0.5) is 26.3 Å². The molecule has 2 aliphatic rings. The zero-order valence-electron chi connectivity index (χ0n) is 22.0. The predicted octanol–water partition coefficient (Wildman–Crippen LogP) is 9.28. The highest BCUT2D eigenvalue weighted by Crippen LogP contribution is 2.44. The molecule has 0 amide bonds. The Labute approximate surface area is 229 Å². The van der Waals surface area contributed by atoms with Gasteiger partial charge in [-0.15, -0.1) is 0 Å². The van der Waals surface area contributed by atoms with E-state index in [-0.39, 0.29) is 34.8 Å². The first-order chi connectivity index (χ1) is 19.2. The molecule has 2 nitrogen and oxygen atoms in total. The molecule has 0 saturated heterocycles. The van der Waals surface area contributed by atoms with Crippen molar-refractivity contribution in [3.8, 4) is 11.5 Å². The Morgan fingerprint density at radius 1 is 0.475 bits per heavy atom. The Bertz CT molecular complexity index is 1370. The van der Waals surface area contributed by atoms with E-state index in [2.05, 4.69) is 0 Å². The van der Waals surface area contributed by atoms with Gasteiger partial charge in [-0.25, -0.2) is 17.6 Å². The minimum Gasteiger partial charge on any atom is -0.505 e. The molecule has 0 spiro atoms. The van der Waals surface area contributed by atoms with Crippen molar-refractivity contribution >= 4 is 0 Å². The normalized spacial score (nSPS) is 23.4. The summed E-state index contributed by atoms with van der Waals surface area (Å²) in [5, 5.41) is 18.7. The quantitative estimate of drug-likeness (QED) is 0.294. The van der Waals surface area contributed by atoms with Gasteiger partial charge in [0.05, 0.1) is 0 Å². The average molecular weight is 563 g/mol. The standard InChI is InChI=1S/C32H32F6O2/c33-27-21(6-3-17-1-4-18(5-2-17)23-13-15-25(39)31(37)29(23)35)11-12-22(28(27)34)19-7-9-20(10-8-19)24-14-16-26(40)32(38)30(24)36/h11-20,39-40H,1-10H2. The molecule has 0 unspecified atom stereocenters. The molecule has 0 radical (unpaired) electrons. The van der Waals surface area contributed by atoms with E-state index in [1.54, 1.807) is 12.1 Å². The van der Waals surface area contributed by atoms with Crippen LogP contribution in [0, 0.1) is 40.8 Å². The summed E-state index contributed by atoms with van der Waals surface area (Å²) in [5.74, 6) is -8.03. The molecule has 0 heterocycles. The summed E-state index contributed by atoms with van der Waals surface area (Å²) < 4.78 is 86.3. The SMILES string of the molecule is Oc1ccc(C2CCC(CCc3ccc(C4CCC(c5ccc(O)c(F)c5F)CC4)c(F)c3F)CC2)c(F)c1F. The highest BCUT2D eigenvalue weighted by atomic mass is 19.2. The van der Waals surface area contributed by atoms with Crippen molar-refractivity contribution < 1.29 is 36.6 Å². The van der Waals surface area contributed by atoms with Crippen molar-refractivity contribution in [3.63, 3.8) is 0 Å². The first kappa shape index (κ1) is 28.4. The Morgan fingerprint density at radius 3 is 1.30 bits per heavy atom. The molecule has 2 fully saturated rings.